The molecule has 1 fully saturated rings. The lowest BCUT2D eigenvalue weighted by Gasteiger charge is -2.14. The topological polar surface area (TPSA) is 78.4 Å². The molecule has 5 nitrogen and oxygen atoms in total. The summed E-state index contributed by atoms with van der Waals surface area (Å²) in [6.45, 7) is 6.81. The molecule has 92 valence electrons. The Morgan fingerprint density at radius 2 is 2.06 bits per heavy atom. The van der Waals surface area contributed by atoms with Gasteiger partial charge < -0.3 is 15.7 Å². The number of hydrogen-bond donors (Lipinski definition) is 3. The Balaban J connectivity index is 2.23. The first kappa shape index (κ1) is 13.0. The van der Waals surface area contributed by atoms with E-state index in [-0.39, 0.29) is 12.5 Å². The van der Waals surface area contributed by atoms with Gasteiger partial charge in [0.1, 0.15) is 6.04 Å². The average molecular weight is 228 g/mol. The van der Waals surface area contributed by atoms with Crippen LogP contribution in [-0.4, -0.2) is 36.1 Å². The zero-order valence-corrected chi connectivity index (χ0v) is 10.0. The van der Waals surface area contributed by atoms with E-state index in [2.05, 4.69) is 24.5 Å². The standard InChI is InChI=1S/C11H20N2O3/c1-7(14)13-9(10(15)16)6-12-5-8-4-11(8,2)3/h8-9,12H,4-6H2,1-3H3,(H,13,14)(H,15,16). The number of amides is 1. The van der Waals surface area contributed by atoms with E-state index in [0.29, 0.717) is 11.3 Å². The Labute approximate surface area is 95.6 Å². The molecule has 0 bridgehead atoms. The molecule has 0 aromatic rings. The average Bonchev–Trinajstić information content (AvgIpc) is 2.71. The van der Waals surface area contributed by atoms with Crippen LogP contribution in [0, 0.1) is 11.3 Å². The smallest absolute Gasteiger partial charge is 0.327 e. The summed E-state index contributed by atoms with van der Waals surface area (Å²) in [5.41, 5.74) is 0.389. The molecule has 3 N–H and O–H groups in total. The first-order valence-corrected chi connectivity index (χ1v) is 5.53. The third-order valence-electron chi connectivity index (χ3n) is 3.13. The molecular formula is C11H20N2O3. The van der Waals surface area contributed by atoms with Gasteiger partial charge in [0.05, 0.1) is 0 Å². The van der Waals surface area contributed by atoms with Gasteiger partial charge in [-0.15, -0.1) is 0 Å². The minimum Gasteiger partial charge on any atom is -0.480 e. The number of rotatable bonds is 6. The van der Waals surface area contributed by atoms with Gasteiger partial charge in [0.15, 0.2) is 0 Å². The fourth-order valence-electron chi connectivity index (χ4n) is 1.77. The summed E-state index contributed by atoms with van der Waals surface area (Å²) in [6.07, 6.45) is 1.18. The SMILES string of the molecule is CC(=O)NC(CNCC1CC1(C)C)C(=O)O. The number of carbonyl (C=O) groups is 2. The molecule has 1 aliphatic rings. The van der Waals surface area contributed by atoms with E-state index in [1.165, 1.54) is 13.3 Å². The van der Waals surface area contributed by atoms with Crippen LogP contribution < -0.4 is 10.6 Å². The van der Waals surface area contributed by atoms with Gasteiger partial charge in [-0.05, 0) is 24.3 Å². The Morgan fingerprint density at radius 3 is 2.44 bits per heavy atom. The molecule has 5 heteroatoms. The summed E-state index contributed by atoms with van der Waals surface area (Å²) >= 11 is 0. The largest absolute Gasteiger partial charge is 0.480 e. The molecule has 1 rings (SSSR count). The second-order valence-corrected chi connectivity index (χ2v) is 5.14. The van der Waals surface area contributed by atoms with E-state index >= 15 is 0 Å². The van der Waals surface area contributed by atoms with Crippen LogP contribution in [-0.2, 0) is 9.59 Å². The maximum atomic E-state index is 10.8. The fourth-order valence-corrected chi connectivity index (χ4v) is 1.77. The molecule has 1 aliphatic carbocycles. The Hall–Kier alpha value is -1.10. The summed E-state index contributed by atoms with van der Waals surface area (Å²) in [5.74, 6) is -0.696. The van der Waals surface area contributed by atoms with Crippen LogP contribution >= 0.6 is 0 Å². The van der Waals surface area contributed by atoms with Crippen LogP contribution in [0.25, 0.3) is 0 Å². The molecule has 0 aromatic heterocycles. The van der Waals surface area contributed by atoms with Gasteiger partial charge in [0, 0.05) is 13.5 Å². The van der Waals surface area contributed by atoms with Crippen molar-refractivity contribution in [3.8, 4) is 0 Å². The quantitative estimate of drug-likeness (QED) is 0.607. The molecule has 1 amide bonds. The van der Waals surface area contributed by atoms with Gasteiger partial charge in [0.25, 0.3) is 0 Å². The minimum absolute atomic E-state index is 0.279. The molecular weight excluding hydrogens is 208 g/mol. The van der Waals surface area contributed by atoms with E-state index in [0.717, 1.165) is 6.54 Å². The molecule has 0 aromatic carbocycles. The van der Waals surface area contributed by atoms with Gasteiger partial charge >= 0.3 is 5.97 Å². The first-order chi connectivity index (χ1) is 7.33. The van der Waals surface area contributed by atoms with E-state index in [1.807, 2.05) is 0 Å². The van der Waals surface area contributed by atoms with E-state index in [1.54, 1.807) is 0 Å². The number of nitrogens with one attached hydrogen (secondary N) is 2. The highest BCUT2D eigenvalue weighted by molar-refractivity contribution is 5.82. The lowest BCUT2D eigenvalue weighted by atomic mass is 10.1. The van der Waals surface area contributed by atoms with Gasteiger partial charge in [-0.25, -0.2) is 4.79 Å². The van der Waals surface area contributed by atoms with Gasteiger partial charge in [-0.3, -0.25) is 4.79 Å². The minimum atomic E-state index is -1.00. The third-order valence-corrected chi connectivity index (χ3v) is 3.13. The van der Waals surface area contributed by atoms with Crippen LogP contribution in [0.4, 0.5) is 0 Å². The van der Waals surface area contributed by atoms with Crippen molar-refractivity contribution in [3.05, 3.63) is 0 Å². The second-order valence-electron chi connectivity index (χ2n) is 5.14. The number of carboxylic acids is 1. The fraction of sp³-hybridized carbons (Fsp3) is 0.818. The van der Waals surface area contributed by atoms with Crippen molar-refractivity contribution >= 4 is 11.9 Å². The highest BCUT2D eigenvalue weighted by atomic mass is 16.4. The molecule has 2 atom stereocenters. The van der Waals surface area contributed by atoms with E-state index < -0.39 is 12.0 Å². The van der Waals surface area contributed by atoms with Crippen molar-refractivity contribution in [2.24, 2.45) is 11.3 Å². The molecule has 16 heavy (non-hydrogen) atoms. The van der Waals surface area contributed by atoms with Crippen LogP contribution in [0.1, 0.15) is 27.2 Å². The summed E-state index contributed by atoms with van der Waals surface area (Å²) in [5, 5.41) is 14.3. The normalized spacial score (nSPS) is 23.6. The Bertz CT molecular complexity index is 289. The highest BCUT2D eigenvalue weighted by Gasteiger charge is 2.44. The van der Waals surface area contributed by atoms with Gasteiger partial charge in [0.2, 0.25) is 5.91 Å². The molecule has 0 aliphatic heterocycles. The summed E-state index contributed by atoms with van der Waals surface area (Å²) in [4.78, 5) is 21.6. The number of aliphatic carboxylic acids is 1. The second kappa shape index (κ2) is 4.82. The van der Waals surface area contributed by atoms with Crippen LogP contribution in [0.3, 0.4) is 0 Å². The molecule has 0 radical (unpaired) electrons. The van der Waals surface area contributed by atoms with Crippen molar-refractivity contribution in [2.45, 2.75) is 33.2 Å². The number of carboxylic acid groups (broad SMARTS) is 1. The highest BCUT2D eigenvalue weighted by Crippen LogP contribution is 2.50. The summed E-state index contributed by atoms with van der Waals surface area (Å²) in [6, 6.07) is -0.834. The zero-order chi connectivity index (χ0) is 12.3. The maximum absolute atomic E-state index is 10.8. The Kier molecular flexibility index (Phi) is 3.91. The maximum Gasteiger partial charge on any atom is 0.327 e. The Morgan fingerprint density at radius 1 is 1.50 bits per heavy atom. The van der Waals surface area contributed by atoms with Crippen molar-refractivity contribution in [1.29, 1.82) is 0 Å². The summed E-state index contributed by atoms with van der Waals surface area (Å²) < 4.78 is 0. The van der Waals surface area contributed by atoms with E-state index in [4.69, 9.17) is 5.11 Å². The van der Waals surface area contributed by atoms with Crippen LogP contribution in [0.15, 0.2) is 0 Å². The van der Waals surface area contributed by atoms with Crippen molar-refractivity contribution in [1.82, 2.24) is 10.6 Å². The third kappa shape index (κ3) is 3.81. The number of carbonyl (C=O) groups excluding carboxylic acids is 1. The predicted molar refractivity (Wildman–Crippen MR) is 60.0 cm³/mol. The number of hydrogen-bond acceptors (Lipinski definition) is 3. The lowest BCUT2D eigenvalue weighted by Crippen LogP contribution is -2.46. The predicted octanol–water partition coefficient (Wildman–Crippen LogP) is 0.211. The van der Waals surface area contributed by atoms with Gasteiger partial charge in [-0.1, -0.05) is 13.8 Å². The van der Waals surface area contributed by atoms with Crippen molar-refractivity contribution < 1.29 is 14.7 Å². The van der Waals surface area contributed by atoms with Gasteiger partial charge in [-0.2, -0.15) is 0 Å². The molecule has 0 spiro atoms. The molecule has 0 saturated heterocycles. The van der Waals surface area contributed by atoms with Crippen molar-refractivity contribution in [3.63, 3.8) is 0 Å². The van der Waals surface area contributed by atoms with Crippen LogP contribution in [0.2, 0.25) is 0 Å². The van der Waals surface area contributed by atoms with Crippen LogP contribution in [0.5, 0.6) is 0 Å². The van der Waals surface area contributed by atoms with Crippen molar-refractivity contribution in [2.75, 3.05) is 13.1 Å². The molecule has 0 heterocycles. The molecule has 1 saturated carbocycles. The summed E-state index contributed by atoms with van der Waals surface area (Å²) in [7, 11) is 0. The monoisotopic (exact) mass is 228 g/mol. The lowest BCUT2D eigenvalue weighted by molar-refractivity contribution is -0.141. The van der Waals surface area contributed by atoms with E-state index in [9.17, 15) is 9.59 Å². The molecule has 2 unspecified atom stereocenters. The zero-order valence-electron chi connectivity index (χ0n) is 10.0. The first-order valence-electron chi connectivity index (χ1n) is 5.53.